The van der Waals surface area contributed by atoms with Crippen molar-refractivity contribution in [3.8, 4) is 0 Å². The van der Waals surface area contributed by atoms with Gasteiger partial charge in [-0.1, -0.05) is 6.07 Å². The van der Waals surface area contributed by atoms with Crippen molar-refractivity contribution in [3.05, 3.63) is 34.8 Å². The molecule has 1 aliphatic carbocycles. The van der Waals surface area contributed by atoms with Gasteiger partial charge < -0.3 is 19.4 Å². The van der Waals surface area contributed by atoms with Crippen LogP contribution in [0.25, 0.3) is 5.52 Å². The van der Waals surface area contributed by atoms with E-state index in [1.54, 1.807) is 4.90 Å². The van der Waals surface area contributed by atoms with Crippen molar-refractivity contribution in [3.63, 3.8) is 0 Å². The van der Waals surface area contributed by atoms with Crippen LogP contribution in [0.2, 0.25) is 0 Å². The third kappa shape index (κ3) is 3.82. The third-order valence-corrected chi connectivity index (χ3v) is 6.57. The molecular weight excluding hydrogens is 448 g/mol. The lowest BCUT2D eigenvalue weighted by Crippen LogP contribution is -2.62. The standard InChI is InChI=1S/C22H29BrN4O3/c1-21(2,3)30-20(29)26-11-13-10-14(12-26)16(13)18(28)25-22(4,5)19-24-17(23)15-8-6-7-9-27(15)19/h6-9,13-14,16H,10-12H2,1-5H3,(H,25,28)/t13-,14+,16?. The summed E-state index contributed by atoms with van der Waals surface area (Å²) in [7, 11) is 0. The molecule has 8 heteroatoms. The van der Waals surface area contributed by atoms with Crippen LogP contribution in [0.4, 0.5) is 4.79 Å². The van der Waals surface area contributed by atoms with Gasteiger partial charge in [0.2, 0.25) is 5.91 Å². The number of halogens is 1. The molecule has 2 bridgehead atoms. The molecule has 0 spiro atoms. The average Bonchev–Trinajstić information content (AvgIpc) is 2.98. The van der Waals surface area contributed by atoms with E-state index in [0.29, 0.717) is 13.1 Å². The smallest absolute Gasteiger partial charge is 0.410 e. The highest BCUT2D eigenvalue weighted by Crippen LogP contribution is 2.46. The number of hydrogen-bond acceptors (Lipinski definition) is 4. The highest BCUT2D eigenvalue weighted by molar-refractivity contribution is 9.10. The lowest BCUT2D eigenvalue weighted by Gasteiger charge is -2.52. The number of aromatic nitrogens is 2. The van der Waals surface area contributed by atoms with Crippen molar-refractivity contribution < 1.29 is 14.3 Å². The van der Waals surface area contributed by atoms with Gasteiger partial charge in [0.15, 0.2) is 0 Å². The number of nitrogens with one attached hydrogen (secondary N) is 1. The zero-order chi connectivity index (χ0) is 21.8. The van der Waals surface area contributed by atoms with Gasteiger partial charge >= 0.3 is 6.09 Å². The number of carbonyl (C=O) groups is 2. The number of rotatable bonds is 3. The van der Waals surface area contributed by atoms with E-state index in [1.807, 2.05) is 63.4 Å². The Kier molecular flexibility index (Phi) is 5.11. The molecule has 5 rings (SSSR count). The number of nitrogens with zero attached hydrogens (tertiary/aromatic N) is 3. The van der Waals surface area contributed by atoms with Gasteiger partial charge in [0.25, 0.3) is 0 Å². The summed E-state index contributed by atoms with van der Waals surface area (Å²) in [6, 6.07) is 5.90. The summed E-state index contributed by atoms with van der Waals surface area (Å²) in [5.74, 6) is 1.09. The van der Waals surface area contributed by atoms with E-state index in [-0.39, 0.29) is 29.8 Å². The first kappa shape index (κ1) is 21.2. The van der Waals surface area contributed by atoms with E-state index in [4.69, 9.17) is 4.74 Å². The van der Waals surface area contributed by atoms with Crippen LogP contribution in [-0.4, -0.2) is 45.0 Å². The summed E-state index contributed by atoms with van der Waals surface area (Å²) >= 11 is 3.52. The van der Waals surface area contributed by atoms with Crippen molar-refractivity contribution in [1.82, 2.24) is 19.6 Å². The van der Waals surface area contributed by atoms with Crippen molar-refractivity contribution in [2.45, 2.75) is 52.2 Å². The number of hydrogen-bond donors (Lipinski definition) is 1. The molecule has 1 saturated carbocycles. The Morgan fingerprint density at radius 1 is 1.17 bits per heavy atom. The van der Waals surface area contributed by atoms with Crippen LogP contribution in [0.15, 0.2) is 29.0 Å². The molecule has 2 saturated heterocycles. The molecule has 4 heterocycles. The summed E-state index contributed by atoms with van der Waals surface area (Å²) in [5.41, 5.74) is -0.188. The van der Waals surface area contributed by atoms with E-state index in [9.17, 15) is 9.59 Å². The van der Waals surface area contributed by atoms with Crippen LogP contribution >= 0.6 is 15.9 Å². The van der Waals surface area contributed by atoms with Gasteiger partial charge in [0.05, 0.1) is 11.1 Å². The Bertz CT molecular complexity index is 982. The largest absolute Gasteiger partial charge is 0.444 e. The highest BCUT2D eigenvalue weighted by atomic mass is 79.9. The molecule has 3 fully saturated rings. The maximum Gasteiger partial charge on any atom is 0.410 e. The average molecular weight is 477 g/mol. The zero-order valence-electron chi connectivity index (χ0n) is 18.1. The van der Waals surface area contributed by atoms with Gasteiger partial charge in [-0.2, -0.15) is 0 Å². The Hall–Kier alpha value is -2.09. The number of piperidine rings is 2. The number of pyridine rings is 1. The summed E-state index contributed by atoms with van der Waals surface area (Å²) in [4.78, 5) is 32.0. The molecule has 1 N–H and O–H groups in total. The molecule has 2 aromatic heterocycles. The Morgan fingerprint density at radius 2 is 1.83 bits per heavy atom. The molecule has 7 nitrogen and oxygen atoms in total. The molecule has 2 amide bonds. The number of carbonyl (C=O) groups excluding carboxylic acids is 2. The monoisotopic (exact) mass is 476 g/mol. The SMILES string of the molecule is CC(C)(C)OC(=O)N1C[C@H]2C[C@@H](C1)C2C(=O)NC(C)(C)c1nc(Br)c2ccccn12. The highest BCUT2D eigenvalue weighted by Gasteiger charge is 2.52. The second-order valence-electron chi connectivity index (χ2n) is 9.96. The topological polar surface area (TPSA) is 75.9 Å². The van der Waals surface area contributed by atoms with Gasteiger partial charge in [-0.3, -0.25) is 4.79 Å². The van der Waals surface area contributed by atoms with Gasteiger partial charge in [-0.05, 0) is 80.9 Å². The van der Waals surface area contributed by atoms with E-state index in [1.165, 1.54) is 0 Å². The van der Waals surface area contributed by atoms with Crippen LogP contribution in [-0.2, 0) is 15.1 Å². The fraction of sp³-hybridized carbons (Fsp3) is 0.591. The molecule has 30 heavy (non-hydrogen) atoms. The second kappa shape index (κ2) is 7.25. The van der Waals surface area contributed by atoms with Gasteiger partial charge in [-0.25, -0.2) is 9.78 Å². The first-order chi connectivity index (χ1) is 14.0. The normalized spacial score (nSPS) is 23.8. The van der Waals surface area contributed by atoms with Crippen LogP contribution in [0.1, 0.15) is 46.9 Å². The van der Waals surface area contributed by atoms with Crippen molar-refractivity contribution in [1.29, 1.82) is 0 Å². The number of fused-ring (bicyclic) bond motifs is 3. The number of amides is 2. The van der Waals surface area contributed by atoms with Crippen molar-refractivity contribution >= 4 is 33.4 Å². The Labute approximate surface area is 185 Å². The maximum atomic E-state index is 13.2. The molecule has 0 aromatic carbocycles. The van der Waals surface area contributed by atoms with Gasteiger partial charge in [0, 0.05) is 25.2 Å². The fourth-order valence-electron chi connectivity index (χ4n) is 4.68. The van der Waals surface area contributed by atoms with Gasteiger partial charge in [-0.15, -0.1) is 0 Å². The number of ether oxygens (including phenoxy) is 1. The zero-order valence-corrected chi connectivity index (χ0v) is 19.7. The lowest BCUT2D eigenvalue weighted by atomic mass is 9.61. The molecular formula is C22H29BrN4O3. The van der Waals surface area contributed by atoms with E-state index in [2.05, 4.69) is 26.2 Å². The molecule has 1 unspecified atom stereocenters. The molecule has 3 atom stereocenters. The van der Waals surface area contributed by atoms with Gasteiger partial charge in [0.1, 0.15) is 16.0 Å². The molecule has 3 aliphatic rings. The fourth-order valence-corrected chi connectivity index (χ4v) is 5.17. The molecule has 0 radical (unpaired) electrons. The predicted octanol–water partition coefficient (Wildman–Crippen LogP) is 3.95. The van der Waals surface area contributed by atoms with Crippen LogP contribution < -0.4 is 5.32 Å². The van der Waals surface area contributed by atoms with E-state index < -0.39 is 11.1 Å². The van der Waals surface area contributed by atoms with E-state index in [0.717, 1.165) is 22.4 Å². The first-order valence-corrected chi connectivity index (χ1v) is 11.2. The predicted molar refractivity (Wildman–Crippen MR) is 117 cm³/mol. The quantitative estimate of drug-likeness (QED) is 0.727. The van der Waals surface area contributed by atoms with Crippen LogP contribution in [0.3, 0.4) is 0 Å². The summed E-state index contributed by atoms with van der Waals surface area (Å²) in [5, 5.41) is 3.21. The minimum atomic E-state index is -0.637. The van der Waals surface area contributed by atoms with Crippen LogP contribution in [0, 0.1) is 17.8 Å². The summed E-state index contributed by atoms with van der Waals surface area (Å²) in [6.07, 6.45) is 2.65. The van der Waals surface area contributed by atoms with Crippen LogP contribution in [0.5, 0.6) is 0 Å². The second-order valence-corrected chi connectivity index (χ2v) is 10.7. The molecule has 2 aromatic rings. The molecule has 162 valence electrons. The number of imidazole rings is 1. The Morgan fingerprint density at radius 3 is 2.47 bits per heavy atom. The minimum absolute atomic E-state index is 0.0360. The summed E-state index contributed by atoms with van der Waals surface area (Å²) in [6.45, 7) is 10.7. The first-order valence-electron chi connectivity index (χ1n) is 10.4. The maximum absolute atomic E-state index is 13.2. The van der Waals surface area contributed by atoms with E-state index >= 15 is 0 Å². The molecule has 2 aliphatic heterocycles. The Balaban J connectivity index is 1.44. The summed E-state index contributed by atoms with van der Waals surface area (Å²) < 4.78 is 8.25. The minimum Gasteiger partial charge on any atom is -0.444 e. The van der Waals surface area contributed by atoms with Crippen molar-refractivity contribution in [2.75, 3.05) is 13.1 Å². The lowest BCUT2D eigenvalue weighted by molar-refractivity contribution is -0.143. The third-order valence-electron chi connectivity index (χ3n) is 5.98. The van der Waals surface area contributed by atoms with Crippen molar-refractivity contribution in [2.24, 2.45) is 17.8 Å².